The van der Waals surface area contributed by atoms with Crippen LogP contribution >= 0.6 is 11.3 Å². The largest absolute Gasteiger partial charge is 0.315 e. The van der Waals surface area contributed by atoms with Crippen molar-refractivity contribution in [2.45, 2.75) is 56.5 Å². The summed E-state index contributed by atoms with van der Waals surface area (Å²) >= 11 is 1.48. The molecule has 0 bridgehead atoms. The normalized spacial score (nSPS) is 19.1. The number of hydrogen-bond donors (Lipinski definition) is 2. The Morgan fingerprint density at radius 2 is 2.05 bits per heavy atom. The highest BCUT2D eigenvalue weighted by Gasteiger charge is 2.25. The van der Waals surface area contributed by atoms with Gasteiger partial charge in [-0.3, -0.25) is 0 Å². The predicted molar refractivity (Wildman–Crippen MR) is 83.4 cm³/mol. The Morgan fingerprint density at radius 1 is 1.35 bits per heavy atom. The summed E-state index contributed by atoms with van der Waals surface area (Å²) in [5.74, 6) is 0.480. The Hall–Kier alpha value is -0.430. The Balaban J connectivity index is 2.01. The van der Waals surface area contributed by atoms with E-state index < -0.39 is 10.0 Å². The fourth-order valence-corrected chi connectivity index (χ4v) is 5.41. The van der Waals surface area contributed by atoms with Gasteiger partial charge in [0.05, 0.1) is 4.90 Å². The molecule has 1 aliphatic carbocycles. The lowest BCUT2D eigenvalue weighted by atomic mass is 9.85. The minimum absolute atomic E-state index is 0.0213. The zero-order valence-electron chi connectivity index (χ0n) is 12.2. The molecule has 0 amide bonds. The van der Waals surface area contributed by atoms with E-state index in [1.54, 1.807) is 11.4 Å². The van der Waals surface area contributed by atoms with Gasteiger partial charge in [0.2, 0.25) is 10.0 Å². The van der Waals surface area contributed by atoms with Crippen molar-refractivity contribution in [1.82, 2.24) is 10.0 Å². The van der Waals surface area contributed by atoms with Crippen LogP contribution in [0.5, 0.6) is 0 Å². The second-order valence-electron chi connectivity index (χ2n) is 5.59. The number of thiophene rings is 1. The summed E-state index contributed by atoms with van der Waals surface area (Å²) in [4.78, 5) is 1.44. The predicted octanol–water partition coefficient (Wildman–Crippen LogP) is 2.71. The standard InChI is InChI=1S/C14H24N2O2S2/c1-11(12-6-4-3-5-7-12)16-20(17,18)14-8-13(9-15-2)19-10-14/h8,10-12,15-16H,3-7,9H2,1-2H3. The highest BCUT2D eigenvalue weighted by Crippen LogP contribution is 2.27. The summed E-state index contributed by atoms with van der Waals surface area (Å²) in [5.41, 5.74) is 0. The highest BCUT2D eigenvalue weighted by molar-refractivity contribution is 7.89. The van der Waals surface area contributed by atoms with Crippen LogP contribution in [0.4, 0.5) is 0 Å². The van der Waals surface area contributed by atoms with E-state index in [4.69, 9.17) is 0 Å². The fraction of sp³-hybridized carbons (Fsp3) is 0.714. The van der Waals surface area contributed by atoms with E-state index in [1.807, 2.05) is 14.0 Å². The molecule has 1 aromatic rings. The van der Waals surface area contributed by atoms with Gasteiger partial charge < -0.3 is 5.32 Å². The van der Waals surface area contributed by atoms with Crippen molar-refractivity contribution in [3.8, 4) is 0 Å². The summed E-state index contributed by atoms with van der Waals surface area (Å²) in [5, 5.41) is 4.76. The van der Waals surface area contributed by atoms with E-state index in [9.17, 15) is 8.42 Å². The third-order valence-corrected chi connectivity index (χ3v) is 6.61. The van der Waals surface area contributed by atoms with Gasteiger partial charge in [0.25, 0.3) is 0 Å². The van der Waals surface area contributed by atoms with Gasteiger partial charge in [0, 0.05) is 22.8 Å². The van der Waals surface area contributed by atoms with Crippen LogP contribution in [0.1, 0.15) is 43.9 Å². The zero-order valence-corrected chi connectivity index (χ0v) is 13.8. The number of hydrogen-bond acceptors (Lipinski definition) is 4. The molecule has 4 nitrogen and oxygen atoms in total. The molecule has 0 saturated heterocycles. The molecule has 0 aliphatic heterocycles. The van der Waals surface area contributed by atoms with E-state index in [1.165, 1.54) is 30.6 Å². The molecule has 0 spiro atoms. The van der Waals surface area contributed by atoms with Crippen molar-refractivity contribution < 1.29 is 8.42 Å². The maximum absolute atomic E-state index is 12.4. The Kier molecular flexibility index (Phi) is 5.60. The lowest BCUT2D eigenvalue weighted by Gasteiger charge is -2.27. The molecule has 1 saturated carbocycles. The lowest BCUT2D eigenvalue weighted by molar-refractivity contribution is 0.303. The van der Waals surface area contributed by atoms with Crippen LogP contribution in [0.15, 0.2) is 16.3 Å². The average Bonchev–Trinajstić information content (AvgIpc) is 2.89. The molecule has 1 aromatic heterocycles. The molecule has 1 fully saturated rings. The molecule has 6 heteroatoms. The van der Waals surface area contributed by atoms with Crippen LogP contribution in [-0.4, -0.2) is 21.5 Å². The fourth-order valence-electron chi connectivity index (χ4n) is 2.81. The summed E-state index contributed by atoms with van der Waals surface area (Å²) < 4.78 is 27.6. The molecule has 0 aromatic carbocycles. The Morgan fingerprint density at radius 3 is 2.70 bits per heavy atom. The quantitative estimate of drug-likeness (QED) is 0.848. The van der Waals surface area contributed by atoms with Crippen LogP contribution in [0.2, 0.25) is 0 Å². The first-order valence-corrected chi connectivity index (χ1v) is 9.63. The number of rotatable bonds is 6. The summed E-state index contributed by atoms with van der Waals surface area (Å²) in [6, 6.07) is 1.78. The molecule has 2 rings (SSSR count). The Bertz CT molecular complexity index is 519. The Labute approximate surface area is 126 Å². The van der Waals surface area contributed by atoms with Crippen molar-refractivity contribution in [2.24, 2.45) is 5.92 Å². The minimum Gasteiger partial charge on any atom is -0.315 e. The maximum atomic E-state index is 12.4. The van der Waals surface area contributed by atoms with Crippen molar-refractivity contribution >= 4 is 21.4 Å². The maximum Gasteiger partial charge on any atom is 0.241 e. The first-order chi connectivity index (χ1) is 9.53. The van der Waals surface area contributed by atoms with Gasteiger partial charge in [-0.05, 0) is 38.8 Å². The van der Waals surface area contributed by atoms with Crippen LogP contribution in [-0.2, 0) is 16.6 Å². The van der Waals surface area contributed by atoms with E-state index in [0.717, 1.165) is 17.7 Å². The minimum atomic E-state index is -3.37. The van der Waals surface area contributed by atoms with Crippen LogP contribution < -0.4 is 10.0 Å². The lowest BCUT2D eigenvalue weighted by Crippen LogP contribution is -2.38. The SMILES string of the molecule is CNCc1cc(S(=O)(=O)NC(C)C2CCCCC2)cs1. The number of sulfonamides is 1. The molecule has 20 heavy (non-hydrogen) atoms. The molecule has 1 atom stereocenters. The van der Waals surface area contributed by atoms with Crippen LogP contribution in [0, 0.1) is 5.92 Å². The molecule has 2 N–H and O–H groups in total. The highest BCUT2D eigenvalue weighted by atomic mass is 32.2. The van der Waals surface area contributed by atoms with Crippen LogP contribution in [0.3, 0.4) is 0 Å². The van der Waals surface area contributed by atoms with E-state index in [2.05, 4.69) is 10.0 Å². The molecule has 114 valence electrons. The third-order valence-electron chi connectivity index (χ3n) is 3.99. The van der Waals surface area contributed by atoms with E-state index in [0.29, 0.717) is 17.4 Å². The second kappa shape index (κ2) is 7.02. The van der Waals surface area contributed by atoms with Gasteiger partial charge >= 0.3 is 0 Å². The average molecular weight is 316 g/mol. The molecular formula is C14H24N2O2S2. The van der Waals surface area contributed by atoms with Crippen molar-refractivity contribution in [1.29, 1.82) is 0 Å². The topological polar surface area (TPSA) is 58.2 Å². The van der Waals surface area contributed by atoms with Gasteiger partial charge in [-0.2, -0.15) is 0 Å². The smallest absolute Gasteiger partial charge is 0.241 e. The van der Waals surface area contributed by atoms with E-state index >= 15 is 0 Å². The molecule has 1 heterocycles. The zero-order chi connectivity index (χ0) is 14.6. The molecule has 1 unspecified atom stereocenters. The van der Waals surface area contributed by atoms with Gasteiger partial charge in [0.1, 0.15) is 0 Å². The first-order valence-electron chi connectivity index (χ1n) is 7.27. The molecule has 1 aliphatic rings. The van der Waals surface area contributed by atoms with Crippen molar-refractivity contribution in [3.63, 3.8) is 0 Å². The van der Waals surface area contributed by atoms with Gasteiger partial charge in [-0.25, -0.2) is 13.1 Å². The summed E-state index contributed by atoms with van der Waals surface area (Å²) in [7, 11) is -1.52. The van der Waals surface area contributed by atoms with Crippen LogP contribution in [0.25, 0.3) is 0 Å². The molecule has 0 radical (unpaired) electrons. The van der Waals surface area contributed by atoms with Gasteiger partial charge in [-0.1, -0.05) is 19.3 Å². The van der Waals surface area contributed by atoms with Gasteiger partial charge in [-0.15, -0.1) is 11.3 Å². The monoisotopic (exact) mass is 316 g/mol. The summed E-state index contributed by atoms with van der Waals surface area (Å²) in [6.45, 7) is 2.70. The van der Waals surface area contributed by atoms with Crippen molar-refractivity contribution in [2.75, 3.05) is 7.05 Å². The van der Waals surface area contributed by atoms with Gasteiger partial charge in [0.15, 0.2) is 0 Å². The first kappa shape index (κ1) is 15.9. The number of nitrogens with one attached hydrogen (secondary N) is 2. The molecular weight excluding hydrogens is 292 g/mol. The summed E-state index contributed by atoms with van der Waals surface area (Å²) in [6.07, 6.45) is 6.01. The second-order valence-corrected chi connectivity index (χ2v) is 8.30. The third kappa shape index (κ3) is 4.04. The van der Waals surface area contributed by atoms with E-state index in [-0.39, 0.29) is 6.04 Å². The van der Waals surface area contributed by atoms with Crippen molar-refractivity contribution in [3.05, 3.63) is 16.3 Å².